The molecule has 0 aliphatic rings. The molecule has 0 unspecified atom stereocenters. The molecule has 0 aliphatic heterocycles. The highest BCUT2D eigenvalue weighted by atomic mass is 79.9. The molecule has 0 saturated heterocycles. The van der Waals surface area contributed by atoms with E-state index >= 15 is 0 Å². The number of carbonyl (C=O) groups excluding carboxylic acids is 2. The fourth-order valence-electron chi connectivity index (χ4n) is 3.52. The van der Waals surface area contributed by atoms with Gasteiger partial charge in [-0.05, 0) is 84.7 Å². The third kappa shape index (κ3) is 7.53. The first-order valence-corrected chi connectivity index (χ1v) is 13.6. The lowest BCUT2D eigenvalue weighted by Gasteiger charge is -2.13. The molecule has 0 spiro atoms. The van der Waals surface area contributed by atoms with Gasteiger partial charge in [-0.2, -0.15) is 0 Å². The molecule has 0 radical (unpaired) electrons. The number of hydrazine groups is 1. The lowest BCUT2D eigenvalue weighted by Crippen LogP contribution is -2.49. The Morgan fingerprint density at radius 2 is 1.55 bits per heavy atom. The van der Waals surface area contributed by atoms with E-state index in [-0.39, 0.29) is 11.7 Å². The van der Waals surface area contributed by atoms with E-state index in [1.54, 1.807) is 24.3 Å². The number of benzene rings is 4. The molecule has 0 fully saturated rings. The quantitative estimate of drug-likeness (QED) is 0.167. The van der Waals surface area contributed by atoms with Gasteiger partial charge in [0.25, 0.3) is 11.8 Å². The van der Waals surface area contributed by atoms with Crippen LogP contribution in [0.3, 0.4) is 0 Å². The zero-order valence-corrected chi connectivity index (χ0v) is 24.0. The second kappa shape index (κ2) is 13.4. The zero-order valence-electron chi connectivity index (χ0n) is 20.0. The summed E-state index contributed by atoms with van der Waals surface area (Å²) in [6.45, 7) is 0.253. The van der Waals surface area contributed by atoms with E-state index in [0.717, 1.165) is 21.7 Å². The molecule has 0 bridgehead atoms. The summed E-state index contributed by atoms with van der Waals surface area (Å²) in [4.78, 5) is 24.8. The van der Waals surface area contributed by atoms with Crippen molar-refractivity contribution in [2.24, 2.45) is 0 Å². The van der Waals surface area contributed by atoms with Gasteiger partial charge < -0.3 is 9.47 Å². The molecule has 194 valence electrons. The predicted molar refractivity (Wildman–Crippen MR) is 158 cm³/mol. The molecule has 3 N–H and O–H groups in total. The summed E-state index contributed by atoms with van der Waals surface area (Å²) >= 11 is 12.1. The summed E-state index contributed by atoms with van der Waals surface area (Å²) in [5.74, 6) is 0.252. The van der Waals surface area contributed by atoms with Crippen LogP contribution in [0.5, 0.6) is 11.5 Å². The van der Waals surface area contributed by atoms with Gasteiger partial charge in [-0.3, -0.25) is 25.8 Å². The van der Waals surface area contributed by atoms with E-state index in [2.05, 4.69) is 48.0 Å². The summed E-state index contributed by atoms with van der Waals surface area (Å²) in [6, 6.07) is 26.6. The van der Waals surface area contributed by atoms with Crippen molar-refractivity contribution in [1.29, 1.82) is 0 Å². The van der Waals surface area contributed by atoms with E-state index in [0.29, 0.717) is 28.1 Å². The number of fused-ring (bicyclic) bond motifs is 1. The first-order valence-electron chi connectivity index (χ1n) is 11.6. The van der Waals surface area contributed by atoms with Gasteiger partial charge >= 0.3 is 0 Å². The van der Waals surface area contributed by atoms with Crippen molar-refractivity contribution in [3.63, 3.8) is 0 Å². The average Bonchev–Trinajstić information content (AvgIpc) is 2.93. The van der Waals surface area contributed by atoms with Crippen molar-refractivity contribution >= 4 is 71.8 Å². The molecular weight excluding hydrogens is 634 g/mol. The maximum absolute atomic E-state index is 12.6. The molecule has 4 aromatic carbocycles. The molecule has 4 aromatic rings. The summed E-state index contributed by atoms with van der Waals surface area (Å²) < 4.78 is 12.8. The van der Waals surface area contributed by atoms with Crippen LogP contribution >= 0.6 is 44.1 Å². The summed E-state index contributed by atoms with van der Waals surface area (Å²) in [7, 11) is 0. The highest BCUT2D eigenvalue weighted by molar-refractivity contribution is 9.11. The van der Waals surface area contributed by atoms with Gasteiger partial charge in [0.15, 0.2) is 11.7 Å². The van der Waals surface area contributed by atoms with Crippen LogP contribution in [-0.4, -0.2) is 30.1 Å². The van der Waals surface area contributed by atoms with Gasteiger partial charge in [0.05, 0.1) is 15.6 Å². The summed E-state index contributed by atoms with van der Waals surface area (Å²) in [5.41, 5.74) is 6.46. The highest BCUT2D eigenvalue weighted by Crippen LogP contribution is 2.33. The van der Waals surface area contributed by atoms with Gasteiger partial charge in [0.1, 0.15) is 11.5 Å². The first-order chi connectivity index (χ1) is 18.4. The Morgan fingerprint density at radius 3 is 2.34 bits per heavy atom. The van der Waals surface area contributed by atoms with Crippen LogP contribution in [0.1, 0.15) is 15.9 Å². The maximum Gasteiger partial charge on any atom is 0.276 e. The number of halogens is 2. The minimum atomic E-state index is -0.471. The third-order valence-electron chi connectivity index (χ3n) is 5.41. The van der Waals surface area contributed by atoms with Crippen molar-refractivity contribution in [2.45, 2.75) is 6.42 Å². The van der Waals surface area contributed by atoms with Crippen molar-refractivity contribution in [2.75, 3.05) is 13.2 Å². The monoisotopic (exact) mass is 655 g/mol. The van der Waals surface area contributed by atoms with Crippen molar-refractivity contribution in [3.05, 3.63) is 105 Å². The van der Waals surface area contributed by atoms with Gasteiger partial charge in [0.2, 0.25) is 0 Å². The second-order valence-electron chi connectivity index (χ2n) is 8.07. The van der Waals surface area contributed by atoms with E-state index in [1.165, 1.54) is 5.56 Å². The molecule has 0 atom stereocenters. The van der Waals surface area contributed by atoms with Gasteiger partial charge in [-0.15, -0.1) is 0 Å². The Kier molecular flexibility index (Phi) is 9.69. The summed E-state index contributed by atoms with van der Waals surface area (Å²) in [5, 5.41) is 4.49. The fraction of sp³-hybridized carbons (Fsp3) is 0.107. The largest absolute Gasteiger partial charge is 0.492 e. The van der Waals surface area contributed by atoms with Gasteiger partial charge in [0, 0.05) is 12.0 Å². The molecule has 38 heavy (non-hydrogen) atoms. The SMILES string of the molecule is O=C(COc1ccc2ccccc2c1Br)NNC(=S)NC(=O)c1ccc(OCCc2ccccc2)c(Br)c1. The van der Waals surface area contributed by atoms with E-state index in [4.69, 9.17) is 21.7 Å². The number of nitrogens with one attached hydrogen (secondary N) is 3. The molecule has 10 heteroatoms. The number of rotatable bonds is 8. The Bertz CT molecular complexity index is 1470. The van der Waals surface area contributed by atoms with Gasteiger partial charge in [-0.1, -0.05) is 60.7 Å². The molecular formula is C28H23Br2N3O4S. The van der Waals surface area contributed by atoms with Crippen LogP contribution in [0, 0.1) is 0 Å². The molecule has 2 amide bonds. The Balaban J connectivity index is 1.21. The Morgan fingerprint density at radius 1 is 0.816 bits per heavy atom. The maximum atomic E-state index is 12.6. The van der Waals surface area contributed by atoms with E-state index < -0.39 is 11.8 Å². The molecule has 0 saturated carbocycles. The topological polar surface area (TPSA) is 88.7 Å². The normalized spacial score (nSPS) is 10.5. The number of hydrogen-bond donors (Lipinski definition) is 3. The number of thiocarbonyl (C=S) groups is 1. The molecule has 0 heterocycles. The minimum Gasteiger partial charge on any atom is -0.492 e. The number of ether oxygens (including phenoxy) is 2. The predicted octanol–water partition coefficient (Wildman–Crippen LogP) is 5.70. The zero-order chi connectivity index (χ0) is 26.9. The van der Waals surface area contributed by atoms with Crippen LogP contribution in [-0.2, 0) is 11.2 Å². The van der Waals surface area contributed by atoms with Crippen molar-refractivity contribution < 1.29 is 19.1 Å². The van der Waals surface area contributed by atoms with E-state index in [9.17, 15) is 9.59 Å². The van der Waals surface area contributed by atoms with Crippen molar-refractivity contribution in [1.82, 2.24) is 16.2 Å². The minimum absolute atomic E-state index is 0.0606. The lowest BCUT2D eigenvalue weighted by molar-refractivity contribution is -0.123. The molecule has 0 aliphatic carbocycles. The average molecular weight is 657 g/mol. The standard InChI is InChI=1S/C28H23Br2N3O4S/c29-22-16-20(11-12-23(22)36-15-14-18-6-2-1-3-7-18)27(35)31-28(38)33-32-25(34)17-37-24-13-10-19-8-4-5-9-21(19)26(24)30/h1-13,16H,14-15,17H2,(H,32,34)(H2,31,33,35,38). The third-order valence-corrected chi connectivity index (χ3v) is 7.06. The van der Waals surface area contributed by atoms with Gasteiger partial charge in [-0.25, -0.2) is 0 Å². The van der Waals surface area contributed by atoms with E-state index in [1.807, 2.05) is 60.7 Å². The smallest absolute Gasteiger partial charge is 0.276 e. The fourth-order valence-corrected chi connectivity index (χ4v) is 4.76. The van der Waals surface area contributed by atoms with Crippen LogP contribution in [0.25, 0.3) is 10.8 Å². The Labute approximate surface area is 242 Å². The number of hydrogen-bond acceptors (Lipinski definition) is 5. The van der Waals surface area contributed by atoms with Crippen molar-refractivity contribution in [3.8, 4) is 11.5 Å². The number of carbonyl (C=O) groups is 2. The summed E-state index contributed by atoms with van der Waals surface area (Å²) in [6.07, 6.45) is 0.770. The highest BCUT2D eigenvalue weighted by Gasteiger charge is 2.13. The molecule has 0 aromatic heterocycles. The van der Waals surface area contributed by atoms with Crippen LogP contribution in [0.4, 0.5) is 0 Å². The lowest BCUT2D eigenvalue weighted by atomic mass is 10.1. The van der Waals surface area contributed by atoms with Crippen LogP contribution in [0.15, 0.2) is 93.9 Å². The van der Waals surface area contributed by atoms with Crippen LogP contribution < -0.4 is 25.6 Å². The van der Waals surface area contributed by atoms with Crippen LogP contribution in [0.2, 0.25) is 0 Å². The molecule has 7 nitrogen and oxygen atoms in total. The number of amides is 2. The molecule has 4 rings (SSSR count). The second-order valence-corrected chi connectivity index (χ2v) is 10.1. The Hall–Kier alpha value is -3.47. The first kappa shape index (κ1) is 27.6.